The van der Waals surface area contributed by atoms with Gasteiger partial charge in [-0.1, -0.05) is 231 Å². The van der Waals surface area contributed by atoms with E-state index in [9.17, 15) is 58.1 Å². The van der Waals surface area contributed by atoms with Gasteiger partial charge in [0.25, 0.3) is 6.47 Å². The monoisotopic (exact) mass is 1570 g/mol. The van der Waals surface area contributed by atoms with Gasteiger partial charge in [-0.05, 0) is 88.3 Å². The molecular weight excluding hydrogens is 1510 g/mol. The topological polar surface area (TPSA) is 220 Å². The molecule has 0 unspecified atom stereocenters. The van der Waals surface area contributed by atoms with E-state index in [2.05, 4.69) is 59.2 Å². The molecule has 2 aromatic heterocycles. The number of hydrogen-bond donors (Lipinski definition) is 2. The second-order valence-corrected chi connectivity index (χ2v) is 26.4. The molecule has 103 heavy (non-hydrogen) atoms. The van der Waals surface area contributed by atoms with Gasteiger partial charge in [0.2, 0.25) is 0 Å². The molecule has 520 valence electrons. The number of carbonyl (C=O) groups excluding carboxylic acids is 1. The first kappa shape index (κ1) is 83.4. The zero-order chi connectivity index (χ0) is 73.1. The summed E-state index contributed by atoms with van der Waals surface area (Å²) in [6.45, 7) is 8.05. The summed E-state index contributed by atoms with van der Waals surface area (Å²) >= 11 is 3.33. The maximum Gasteiger partial charge on any atom is 1.00 e. The smallest absolute Gasteiger partial charge is 1.00 e. The molecule has 1 aliphatic rings. The first-order chi connectivity index (χ1) is 47.8. The van der Waals surface area contributed by atoms with Crippen molar-refractivity contribution in [2.75, 3.05) is 0 Å². The molecule has 2 N–H and O–H groups in total. The van der Waals surface area contributed by atoms with Crippen LogP contribution in [0, 0.1) is 0 Å². The number of nitrogens with zero attached hydrogens (tertiary/aromatic N) is 6. The van der Waals surface area contributed by atoms with Gasteiger partial charge in [0, 0.05) is 49.6 Å². The van der Waals surface area contributed by atoms with Crippen molar-refractivity contribution in [1.29, 1.82) is 0 Å². The summed E-state index contributed by atoms with van der Waals surface area (Å²) in [6, 6.07) is 79.1. The van der Waals surface area contributed by atoms with Gasteiger partial charge < -0.3 is 31.1 Å². The molecule has 12 aromatic rings. The van der Waals surface area contributed by atoms with Crippen molar-refractivity contribution in [3.63, 3.8) is 0 Å². The fourth-order valence-corrected chi connectivity index (χ4v) is 10.9. The molecule has 3 heterocycles. The minimum atomic E-state index is -7.27. The van der Waals surface area contributed by atoms with E-state index in [1.165, 1.54) is 0 Å². The molecule has 15 nitrogen and oxygen atoms in total. The minimum absolute atomic E-state index is 0. The molecule has 1 aliphatic heterocycles. The summed E-state index contributed by atoms with van der Waals surface area (Å²) < 4.78 is 141. The normalized spacial score (nSPS) is 13.1. The number of alkyl halides is 9. The molecular formula is C73H56BBrClF9K2N6O9S. The van der Waals surface area contributed by atoms with Gasteiger partial charge in [-0.2, -0.15) is 39.5 Å². The Kier molecular flexibility index (Phi) is 28.7. The first-order valence-electron chi connectivity index (χ1n) is 30.0. The molecule has 0 saturated carbocycles. The number of rotatable bonds is 12. The Morgan fingerprint density at radius 2 is 0.748 bits per heavy atom. The van der Waals surface area contributed by atoms with Crippen LogP contribution in [-0.4, -0.2) is 96.6 Å². The van der Waals surface area contributed by atoms with Crippen molar-refractivity contribution >= 4 is 76.3 Å². The van der Waals surface area contributed by atoms with Crippen molar-refractivity contribution in [1.82, 2.24) is 29.9 Å². The Balaban J connectivity index is 0.000000227. The standard InChI is InChI=1S/C31H21N3O.C27H26BN3O2.C10H7BrO.C4ClF9O2S.CH2O3.2K.H/c35-27-20-19-21-9-7-8-14-26(21)28(27)22-15-17-25(18-16-22)31-33-29(23-10-3-1-4-11-23)32-30(34-31)24-12-5-2-6-13-24;1-26(2)27(3,4)33-28(32-26)22-17-15-21(16-18-22)25-30-23(19-11-7-5-8-12-19)29-24(31-25)20-13-9-6-10-14-20;11-10-8-4-2-1-3-7(8)5-6-9(10)12;5-17(15,16)4(13,14)2(8,9)1(6,7)3(10,11)12;2-1-4-3;;;/h1-20,35H;5-18H,1-4H3;1-6,12H;;1,3H;;;/q;;;;;2*+1;-1/p-1. The summed E-state index contributed by atoms with van der Waals surface area (Å²) in [4.78, 5) is 39.9. The molecule has 1 saturated heterocycles. The summed E-state index contributed by atoms with van der Waals surface area (Å²) in [5, 5.41) is 25.9. The Bertz CT molecular complexity index is 4850. The predicted octanol–water partition coefficient (Wildman–Crippen LogP) is 11.4. The molecule has 0 bridgehead atoms. The molecule has 0 radical (unpaired) electrons. The fourth-order valence-electron chi connectivity index (χ4n) is 9.73. The van der Waals surface area contributed by atoms with E-state index in [1.54, 1.807) is 12.1 Å². The molecule has 1 fully saturated rings. The van der Waals surface area contributed by atoms with Gasteiger partial charge >= 0.3 is 142 Å². The molecule has 10 aromatic carbocycles. The van der Waals surface area contributed by atoms with Gasteiger partial charge in [0.1, 0.15) is 11.5 Å². The van der Waals surface area contributed by atoms with Gasteiger partial charge in [-0.15, -0.1) is 0 Å². The van der Waals surface area contributed by atoms with Gasteiger partial charge in [-0.25, -0.2) is 38.3 Å². The van der Waals surface area contributed by atoms with Crippen molar-refractivity contribution < 1.29 is 187 Å². The average molecular weight is 1570 g/mol. The third kappa shape index (κ3) is 19.6. The number of aromatic nitrogens is 6. The van der Waals surface area contributed by atoms with Crippen molar-refractivity contribution in [3.05, 3.63) is 247 Å². The predicted molar refractivity (Wildman–Crippen MR) is 370 cm³/mol. The minimum Gasteiger partial charge on any atom is -1.00 e. The van der Waals surface area contributed by atoms with E-state index < -0.39 is 39.4 Å². The Morgan fingerprint density at radius 3 is 1.09 bits per heavy atom. The summed E-state index contributed by atoms with van der Waals surface area (Å²) in [5.74, 6) is -10.2. The van der Waals surface area contributed by atoms with Crippen LogP contribution in [-0.2, 0) is 28.0 Å². The second kappa shape index (κ2) is 35.5. The zero-order valence-corrected chi connectivity index (χ0v) is 64.7. The third-order valence-electron chi connectivity index (χ3n) is 15.7. The number of halogens is 11. The quantitative estimate of drug-likeness (QED) is 0.0290. The molecule has 0 amide bonds. The number of carbonyl (C=O) groups is 1. The number of phenolic OH excluding ortho intramolecular Hbond substituents is 2. The largest absolute Gasteiger partial charge is 1.00 e. The summed E-state index contributed by atoms with van der Waals surface area (Å²) in [6.07, 6.45) is -7.08. The summed E-state index contributed by atoms with van der Waals surface area (Å²) in [7, 11) is -3.39. The zero-order valence-electron chi connectivity index (χ0n) is 56.3. The number of phenols is 2. The van der Waals surface area contributed by atoms with E-state index in [0.29, 0.717) is 34.9 Å². The Labute approximate surface area is 684 Å². The number of hydrogen-bond acceptors (Lipinski definition) is 15. The number of aromatic hydroxyl groups is 2. The van der Waals surface area contributed by atoms with Gasteiger partial charge in [0.15, 0.2) is 34.9 Å². The molecule has 30 heteroatoms. The van der Waals surface area contributed by atoms with E-state index >= 15 is 0 Å². The molecule has 0 aliphatic carbocycles. The van der Waals surface area contributed by atoms with Crippen LogP contribution in [0.3, 0.4) is 0 Å². The average Bonchev–Trinajstić information content (AvgIpc) is 0.915. The van der Waals surface area contributed by atoms with E-state index in [4.69, 9.17) is 49.3 Å². The third-order valence-corrected chi connectivity index (χ3v) is 18.0. The van der Waals surface area contributed by atoms with Crippen LogP contribution in [0.2, 0.25) is 0 Å². The molecule has 0 atom stereocenters. The van der Waals surface area contributed by atoms with Crippen molar-refractivity contribution in [2.45, 2.75) is 62.2 Å². The van der Waals surface area contributed by atoms with Crippen LogP contribution in [0.5, 0.6) is 11.5 Å². The molecule has 0 spiro atoms. The van der Waals surface area contributed by atoms with Crippen molar-refractivity contribution in [3.8, 4) is 91.0 Å². The Hall–Kier alpha value is -6.88. The SMILES string of the molecule is CC1(C)OB(c2ccc(-c3nc(-c4ccccc4)nc(-c4ccccc4)n3)cc2)OC1(C)C.O=CO[O-].O=S(=O)(Cl)C(F)(F)C(F)(F)C(F)(F)C(F)(F)F.Oc1ccc2ccccc2c1-c1ccc(-c2nc(-c3ccccc3)nc(-c3ccccc3)n2)cc1.Oc1ccc2ccccc2c1Br.[H-].[K+].[K+]. The van der Waals surface area contributed by atoms with Gasteiger partial charge in [-0.3, -0.25) is 4.79 Å². The summed E-state index contributed by atoms with van der Waals surface area (Å²) in [5.41, 5.74) is 7.54. The van der Waals surface area contributed by atoms with Crippen LogP contribution in [0.1, 0.15) is 29.1 Å². The first-order valence-corrected chi connectivity index (χ1v) is 33.1. The van der Waals surface area contributed by atoms with Crippen LogP contribution in [0.4, 0.5) is 39.5 Å². The van der Waals surface area contributed by atoms with Crippen LogP contribution >= 0.6 is 26.6 Å². The molecule has 13 rings (SSSR count). The van der Waals surface area contributed by atoms with Crippen LogP contribution in [0.25, 0.3) is 101 Å². The number of benzene rings is 10. The van der Waals surface area contributed by atoms with E-state index in [0.717, 1.165) is 76.0 Å². The van der Waals surface area contributed by atoms with Crippen LogP contribution < -0.4 is 113 Å². The van der Waals surface area contributed by atoms with Gasteiger partial charge in [0.05, 0.1) is 15.7 Å². The van der Waals surface area contributed by atoms with E-state index in [-0.39, 0.29) is 133 Å². The fraction of sp³-hybridized carbons (Fsp3) is 0.137. The van der Waals surface area contributed by atoms with E-state index in [1.807, 2.05) is 231 Å². The maximum atomic E-state index is 12.3. The number of fused-ring (bicyclic) bond motifs is 2. The Morgan fingerprint density at radius 1 is 0.456 bits per heavy atom. The van der Waals surface area contributed by atoms with Crippen molar-refractivity contribution in [2.24, 2.45) is 0 Å². The van der Waals surface area contributed by atoms with Crippen LogP contribution in [0.15, 0.2) is 247 Å². The maximum absolute atomic E-state index is 12.3. The second-order valence-electron chi connectivity index (χ2n) is 23.0.